The first-order valence-electron chi connectivity index (χ1n) is 7.66. The second-order valence-corrected chi connectivity index (χ2v) is 6.81. The number of rotatable bonds is 4. The van der Waals surface area contributed by atoms with Crippen molar-refractivity contribution in [2.75, 3.05) is 6.61 Å². The van der Waals surface area contributed by atoms with Crippen LogP contribution in [-0.4, -0.2) is 33.0 Å². The largest absolute Gasteiger partial charge is 0.426 e. The molecule has 1 fully saturated rings. The van der Waals surface area contributed by atoms with Gasteiger partial charge in [0.15, 0.2) is 5.82 Å². The molecule has 1 aliphatic rings. The van der Waals surface area contributed by atoms with E-state index >= 15 is 0 Å². The Kier molecular flexibility index (Phi) is 3.99. The van der Waals surface area contributed by atoms with Crippen LogP contribution in [-0.2, 0) is 17.6 Å². The topological polar surface area (TPSA) is 87.1 Å². The SMILES string of the molecule is Cc1nnc(CCc2nc([C@@H]3CCO[C@H]3C(C)(C)C)no2)o1. The number of aromatic nitrogens is 4. The first-order valence-corrected chi connectivity index (χ1v) is 7.66. The molecule has 0 N–H and O–H groups in total. The molecule has 0 aromatic carbocycles. The molecule has 2 atom stereocenters. The number of ether oxygens (including phenoxy) is 1. The van der Waals surface area contributed by atoms with E-state index in [1.54, 1.807) is 6.92 Å². The fraction of sp³-hybridized carbons (Fsp3) is 0.733. The molecule has 0 saturated carbocycles. The first-order chi connectivity index (χ1) is 10.4. The lowest BCUT2D eigenvalue weighted by molar-refractivity contribution is 0.0193. The number of nitrogens with zero attached hydrogens (tertiary/aromatic N) is 4. The minimum Gasteiger partial charge on any atom is -0.426 e. The molecule has 1 aliphatic heterocycles. The number of aryl methyl sites for hydroxylation is 3. The maximum atomic E-state index is 5.87. The molecule has 7 heteroatoms. The Morgan fingerprint density at radius 1 is 1.14 bits per heavy atom. The van der Waals surface area contributed by atoms with Gasteiger partial charge in [-0.1, -0.05) is 25.9 Å². The van der Waals surface area contributed by atoms with Gasteiger partial charge in [-0.3, -0.25) is 0 Å². The number of hydrogen-bond acceptors (Lipinski definition) is 7. The third-order valence-electron chi connectivity index (χ3n) is 3.88. The van der Waals surface area contributed by atoms with Gasteiger partial charge in [-0.25, -0.2) is 0 Å². The molecule has 0 aliphatic carbocycles. The smallest absolute Gasteiger partial charge is 0.227 e. The van der Waals surface area contributed by atoms with Crippen LogP contribution in [0.2, 0.25) is 0 Å². The summed E-state index contributed by atoms with van der Waals surface area (Å²) in [6.45, 7) is 9.05. The Balaban J connectivity index is 1.65. The molecule has 2 aromatic heterocycles. The second-order valence-electron chi connectivity index (χ2n) is 6.81. The zero-order valence-corrected chi connectivity index (χ0v) is 13.5. The molecule has 120 valence electrons. The summed E-state index contributed by atoms with van der Waals surface area (Å²) in [5, 5.41) is 11.9. The van der Waals surface area contributed by atoms with Gasteiger partial charge < -0.3 is 13.7 Å². The minimum atomic E-state index is 0.0588. The molecule has 22 heavy (non-hydrogen) atoms. The molecule has 0 unspecified atom stereocenters. The minimum absolute atomic E-state index is 0.0588. The molecular weight excluding hydrogens is 284 g/mol. The third-order valence-corrected chi connectivity index (χ3v) is 3.88. The lowest BCUT2D eigenvalue weighted by atomic mass is 9.81. The molecule has 7 nitrogen and oxygen atoms in total. The van der Waals surface area contributed by atoms with Gasteiger partial charge in [0.25, 0.3) is 0 Å². The second kappa shape index (κ2) is 5.79. The maximum absolute atomic E-state index is 5.87. The van der Waals surface area contributed by atoms with Gasteiger partial charge in [0, 0.05) is 26.4 Å². The van der Waals surface area contributed by atoms with E-state index in [9.17, 15) is 0 Å². The summed E-state index contributed by atoms with van der Waals surface area (Å²) in [6, 6.07) is 0. The molecule has 0 amide bonds. The predicted octanol–water partition coefficient (Wildman–Crippen LogP) is 2.46. The van der Waals surface area contributed by atoms with Crippen LogP contribution in [0.5, 0.6) is 0 Å². The van der Waals surface area contributed by atoms with E-state index in [1.165, 1.54) is 0 Å². The van der Waals surface area contributed by atoms with Crippen molar-refractivity contribution in [3.63, 3.8) is 0 Å². The Bertz CT molecular complexity index is 629. The highest BCUT2D eigenvalue weighted by molar-refractivity contribution is 5.05. The maximum Gasteiger partial charge on any atom is 0.227 e. The highest BCUT2D eigenvalue weighted by Gasteiger charge is 2.40. The molecule has 3 rings (SSSR count). The Morgan fingerprint density at radius 3 is 2.59 bits per heavy atom. The summed E-state index contributed by atoms with van der Waals surface area (Å²) >= 11 is 0. The van der Waals surface area contributed by atoms with Crippen LogP contribution >= 0.6 is 0 Å². The van der Waals surface area contributed by atoms with Crippen molar-refractivity contribution in [1.82, 2.24) is 20.3 Å². The van der Waals surface area contributed by atoms with E-state index in [0.29, 0.717) is 30.5 Å². The standard InChI is InChI=1S/C15H22N4O3/c1-9-17-18-12(21-9)6-5-11-16-14(19-22-11)10-7-8-20-13(10)15(2,3)4/h10,13H,5-8H2,1-4H3/t10-,13-/m1/s1. The van der Waals surface area contributed by atoms with Gasteiger partial charge in [-0.05, 0) is 11.8 Å². The van der Waals surface area contributed by atoms with Gasteiger partial charge in [-0.15, -0.1) is 10.2 Å². The van der Waals surface area contributed by atoms with E-state index in [1.807, 2.05) is 0 Å². The van der Waals surface area contributed by atoms with Crippen molar-refractivity contribution >= 4 is 0 Å². The molecule has 0 radical (unpaired) electrons. The summed E-state index contributed by atoms with van der Waals surface area (Å²) < 4.78 is 16.6. The molecule has 0 spiro atoms. The first kappa shape index (κ1) is 15.1. The molecule has 3 heterocycles. The van der Waals surface area contributed by atoms with Crippen LogP contribution in [0.15, 0.2) is 8.94 Å². The molecular formula is C15H22N4O3. The molecule has 2 aromatic rings. The van der Waals surface area contributed by atoms with E-state index in [-0.39, 0.29) is 17.4 Å². The third kappa shape index (κ3) is 3.19. The predicted molar refractivity (Wildman–Crippen MR) is 77.3 cm³/mol. The fourth-order valence-electron chi connectivity index (χ4n) is 2.88. The van der Waals surface area contributed by atoms with Gasteiger partial charge >= 0.3 is 0 Å². The van der Waals surface area contributed by atoms with Crippen molar-refractivity contribution in [2.24, 2.45) is 5.41 Å². The van der Waals surface area contributed by atoms with E-state index < -0.39 is 0 Å². The molecule has 1 saturated heterocycles. The van der Waals surface area contributed by atoms with Gasteiger partial charge in [0.05, 0.1) is 12.0 Å². The monoisotopic (exact) mass is 306 g/mol. The quantitative estimate of drug-likeness (QED) is 0.857. The zero-order valence-electron chi connectivity index (χ0n) is 13.5. The van der Waals surface area contributed by atoms with Crippen LogP contribution in [0.4, 0.5) is 0 Å². The Morgan fingerprint density at radius 2 is 1.91 bits per heavy atom. The van der Waals surface area contributed by atoms with Crippen molar-refractivity contribution in [2.45, 2.75) is 59.0 Å². The summed E-state index contributed by atoms with van der Waals surface area (Å²) in [6.07, 6.45) is 2.26. The highest BCUT2D eigenvalue weighted by Crippen LogP contribution is 2.39. The van der Waals surface area contributed by atoms with Gasteiger partial charge in [0.2, 0.25) is 17.7 Å². The average Bonchev–Trinajstić information content (AvgIpc) is 3.15. The van der Waals surface area contributed by atoms with Crippen LogP contribution in [0.25, 0.3) is 0 Å². The van der Waals surface area contributed by atoms with Crippen LogP contribution in [0.1, 0.15) is 56.6 Å². The van der Waals surface area contributed by atoms with Crippen molar-refractivity contribution in [3.8, 4) is 0 Å². The Labute approximate surface area is 129 Å². The van der Waals surface area contributed by atoms with Crippen LogP contribution in [0.3, 0.4) is 0 Å². The fourth-order valence-corrected chi connectivity index (χ4v) is 2.88. The van der Waals surface area contributed by atoms with E-state index in [4.69, 9.17) is 13.7 Å². The Hall–Kier alpha value is -1.76. The summed E-state index contributed by atoms with van der Waals surface area (Å²) in [5.74, 6) is 2.70. The number of hydrogen-bond donors (Lipinski definition) is 0. The summed E-state index contributed by atoms with van der Waals surface area (Å²) in [5.41, 5.74) is 0.0588. The summed E-state index contributed by atoms with van der Waals surface area (Å²) in [4.78, 5) is 4.53. The average molecular weight is 306 g/mol. The summed E-state index contributed by atoms with van der Waals surface area (Å²) in [7, 11) is 0. The van der Waals surface area contributed by atoms with Gasteiger partial charge in [-0.2, -0.15) is 4.98 Å². The normalized spacial score (nSPS) is 22.4. The van der Waals surface area contributed by atoms with E-state index in [0.717, 1.165) is 18.9 Å². The van der Waals surface area contributed by atoms with Crippen LogP contribution < -0.4 is 0 Å². The lowest BCUT2D eigenvalue weighted by Crippen LogP contribution is -2.30. The lowest BCUT2D eigenvalue weighted by Gasteiger charge is -2.29. The van der Waals surface area contributed by atoms with Crippen LogP contribution in [0, 0.1) is 12.3 Å². The van der Waals surface area contributed by atoms with Crippen molar-refractivity contribution in [1.29, 1.82) is 0 Å². The van der Waals surface area contributed by atoms with Crippen molar-refractivity contribution < 1.29 is 13.7 Å². The molecule has 0 bridgehead atoms. The van der Waals surface area contributed by atoms with Crippen molar-refractivity contribution in [3.05, 3.63) is 23.5 Å². The van der Waals surface area contributed by atoms with E-state index in [2.05, 4.69) is 41.1 Å². The zero-order chi connectivity index (χ0) is 15.7. The highest BCUT2D eigenvalue weighted by atomic mass is 16.5. The van der Waals surface area contributed by atoms with Gasteiger partial charge in [0.1, 0.15) is 0 Å².